The van der Waals surface area contributed by atoms with E-state index in [2.05, 4.69) is 61.1 Å². The fourth-order valence-electron chi connectivity index (χ4n) is 7.92. The van der Waals surface area contributed by atoms with Crippen LogP contribution in [-0.4, -0.2) is 0 Å². The molecule has 0 N–H and O–H groups in total. The topological polar surface area (TPSA) is 0 Å². The van der Waals surface area contributed by atoms with Crippen molar-refractivity contribution >= 4 is 0 Å². The molecule has 9 atom stereocenters. The summed E-state index contributed by atoms with van der Waals surface area (Å²) in [6.07, 6.45) is 18.5. The lowest BCUT2D eigenvalue weighted by molar-refractivity contribution is 0.0845. The van der Waals surface area contributed by atoms with E-state index in [-0.39, 0.29) is 0 Å². The van der Waals surface area contributed by atoms with E-state index in [1.165, 1.54) is 76.2 Å². The molecule has 0 saturated heterocycles. The summed E-state index contributed by atoms with van der Waals surface area (Å²) in [4.78, 5) is 0. The van der Waals surface area contributed by atoms with Crippen LogP contribution in [0.1, 0.15) is 119 Å². The highest BCUT2D eigenvalue weighted by atomic mass is 14.5. The summed E-state index contributed by atoms with van der Waals surface area (Å²) in [5.41, 5.74) is 3.71. The van der Waals surface area contributed by atoms with Crippen molar-refractivity contribution in [1.29, 1.82) is 0 Å². The number of hydrogen-bond acceptors (Lipinski definition) is 0. The van der Waals surface area contributed by atoms with E-state index in [1.54, 1.807) is 0 Å². The molecule has 3 aliphatic carbocycles. The average Bonchev–Trinajstić information content (AvgIpc) is 3.20. The largest absolute Gasteiger partial charge is 0.0999 e. The summed E-state index contributed by atoms with van der Waals surface area (Å²) in [7, 11) is 0. The normalized spacial score (nSPS) is 38.8. The molecule has 178 valence electrons. The van der Waals surface area contributed by atoms with Gasteiger partial charge in [-0.3, -0.25) is 0 Å². The number of hydrogen-bond donors (Lipinski definition) is 0. The molecule has 9 unspecified atom stereocenters. The highest BCUT2D eigenvalue weighted by Gasteiger charge is 2.45. The van der Waals surface area contributed by atoms with Crippen molar-refractivity contribution in [2.75, 3.05) is 0 Å². The van der Waals surface area contributed by atoms with E-state index in [1.807, 2.05) is 5.57 Å². The maximum atomic E-state index is 4.20. The predicted molar refractivity (Wildman–Crippen MR) is 138 cm³/mol. The minimum atomic E-state index is 0.512. The van der Waals surface area contributed by atoms with Crippen molar-refractivity contribution < 1.29 is 0 Å². The highest BCUT2D eigenvalue weighted by molar-refractivity contribution is 5.22. The van der Waals surface area contributed by atoms with E-state index in [0.717, 1.165) is 41.4 Å². The molecule has 0 aliphatic heterocycles. The second-order valence-electron chi connectivity index (χ2n) is 12.9. The van der Waals surface area contributed by atoms with Crippen molar-refractivity contribution in [2.24, 2.45) is 52.8 Å². The van der Waals surface area contributed by atoms with Gasteiger partial charge in [0.2, 0.25) is 0 Å². The van der Waals surface area contributed by atoms with Crippen molar-refractivity contribution in [3.63, 3.8) is 0 Å². The molecule has 0 radical (unpaired) electrons. The van der Waals surface area contributed by atoms with Gasteiger partial charge in [0.05, 0.1) is 0 Å². The average molecular weight is 427 g/mol. The van der Waals surface area contributed by atoms with Gasteiger partial charge < -0.3 is 0 Å². The summed E-state index contributed by atoms with van der Waals surface area (Å²) in [5.74, 6) is 7.04. The van der Waals surface area contributed by atoms with Gasteiger partial charge in [-0.1, -0.05) is 84.6 Å². The Morgan fingerprint density at radius 3 is 2.55 bits per heavy atom. The Morgan fingerprint density at radius 1 is 1.10 bits per heavy atom. The Hall–Kier alpha value is -0.520. The molecule has 0 amide bonds. The maximum Gasteiger partial charge on any atom is -0.00853 e. The summed E-state index contributed by atoms with van der Waals surface area (Å²) < 4.78 is 0. The molecule has 0 spiro atoms. The lowest BCUT2D eigenvalue weighted by Gasteiger charge is -2.50. The monoisotopic (exact) mass is 426 g/mol. The van der Waals surface area contributed by atoms with Crippen LogP contribution in [0, 0.1) is 52.8 Å². The highest BCUT2D eigenvalue weighted by Crippen LogP contribution is 2.56. The molecule has 0 nitrogen and oxygen atoms in total. The van der Waals surface area contributed by atoms with Gasteiger partial charge in [0.25, 0.3) is 0 Å². The predicted octanol–water partition coefficient (Wildman–Crippen LogP) is 9.86. The van der Waals surface area contributed by atoms with Gasteiger partial charge in [0.15, 0.2) is 0 Å². The van der Waals surface area contributed by atoms with Crippen LogP contribution in [0.15, 0.2) is 23.8 Å². The van der Waals surface area contributed by atoms with E-state index in [0.29, 0.717) is 11.3 Å². The minimum Gasteiger partial charge on any atom is -0.0999 e. The first-order chi connectivity index (χ1) is 14.6. The molecule has 0 heteroatoms. The fraction of sp³-hybridized carbons (Fsp3) is 0.871. The van der Waals surface area contributed by atoms with Gasteiger partial charge in [0, 0.05) is 0 Å². The zero-order valence-corrected chi connectivity index (χ0v) is 22.2. The van der Waals surface area contributed by atoms with Crippen LogP contribution in [0.4, 0.5) is 0 Å². The molecule has 0 heterocycles. The lowest BCUT2D eigenvalue weighted by Crippen LogP contribution is -2.40. The van der Waals surface area contributed by atoms with E-state index >= 15 is 0 Å². The van der Waals surface area contributed by atoms with Crippen LogP contribution in [0.25, 0.3) is 0 Å². The van der Waals surface area contributed by atoms with Crippen LogP contribution >= 0.6 is 0 Å². The molecular formula is C31H54. The molecule has 31 heavy (non-hydrogen) atoms. The van der Waals surface area contributed by atoms with E-state index in [4.69, 9.17) is 0 Å². The van der Waals surface area contributed by atoms with Crippen molar-refractivity contribution in [3.05, 3.63) is 23.8 Å². The molecular weight excluding hydrogens is 372 g/mol. The Bertz CT molecular complexity index is 626. The van der Waals surface area contributed by atoms with Gasteiger partial charge in [-0.25, -0.2) is 0 Å². The van der Waals surface area contributed by atoms with Gasteiger partial charge in [-0.2, -0.15) is 0 Å². The Morgan fingerprint density at radius 2 is 1.84 bits per heavy atom. The summed E-state index contributed by atoms with van der Waals surface area (Å²) in [6.45, 7) is 21.5. The van der Waals surface area contributed by atoms with Crippen LogP contribution in [0.3, 0.4) is 0 Å². The Kier molecular flexibility index (Phi) is 8.59. The molecule has 0 bridgehead atoms. The third kappa shape index (κ3) is 5.70. The third-order valence-corrected chi connectivity index (χ3v) is 10.7. The first-order valence-corrected chi connectivity index (χ1v) is 14.0. The van der Waals surface area contributed by atoms with Crippen LogP contribution in [-0.2, 0) is 0 Å². The first kappa shape index (κ1) is 25.1. The summed E-state index contributed by atoms with van der Waals surface area (Å²) in [6, 6.07) is 0. The number of fused-ring (bicyclic) bond motifs is 1. The van der Waals surface area contributed by atoms with Gasteiger partial charge in [-0.05, 0) is 111 Å². The Balaban J connectivity index is 1.55. The lowest BCUT2D eigenvalue weighted by atomic mass is 9.55. The van der Waals surface area contributed by atoms with E-state index < -0.39 is 0 Å². The zero-order chi connectivity index (χ0) is 22.8. The number of rotatable bonds is 9. The zero-order valence-electron chi connectivity index (χ0n) is 22.2. The maximum absolute atomic E-state index is 4.20. The molecule has 2 saturated carbocycles. The SMILES string of the molecule is C=C(C)C(C)C(C)CCC(C)C1CCCC1CCC1C(C)CC=C2CC(C)CCC21C. The molecule has 0 aromatic heterocycles. The standard InChI is InChI=1S/C31H54/c1-21(2)26(7)23(4)12-13-24(5)29-11-9-10-27(29)15-17-30-25(6)14-16-28-20-22(3)18-19-31(28,30)8/h16,22-27,29-30H,1,9-15,17-20H2,2-8H3. The smallest absolute Gasteiger partial charge is 0.00853 e. The molecule has 2 fully saturated rings. The molecule has 3 rings (SSSR count). The first-order valence-electron chi connectivity index (χ1n) is 14.0. The molecule has 0 aromatic rings. The second kappa shape index (κ2) is 10.6. The van der Waals surface area contributed by atoms with Gasteiger partial charge >= 0.3 is 0 Å². The van der Waals surface area contributed by atoms with Crippen LogP contribution in [0.5, 0.6) is 0 Å². The minimum absolute atomic E-state index is 0.512. The van der Waals surface area contributed by atoms with Gasteiger partial charge in [0.1, 0.15) is 0 Å². The fourth-order valence-corrected chi connectivity index (χ4v) is 7.92. The summed E-state index contributed by atoms with van der Waals surface area (Å²) in [5, 5.41) is 0. The van der Waals surface area contributed by atoms with E-state index in [9.17, 15) is 0 Å². The van der Waals surface area contributed by atoms with Crippen LogP contribution in [0.2, 0.25) is 0 Å². The Labute approximate surface area is 195 Å². The molecule has 0 aromatic carbocycles. The summed E-state index contributed by atoms with van der Waals surface area (Å²) >= 11 is 0. The van der Waals surface area contributed by atoms with Crippen LogP contribution < -0.4 is 0 Å². The third-order valence-electron chi connectivity index (χ3n) is 10.7. The molecule has 3 aliphatic rings. The van der Waals surface area contributed by atoms with Gasteiger partial charge in [-0.15, -0.1) is 0 Å². The second-order valence-corrected chi connectivity index (χ2v) is 12.9. The van der Waals surface area contributed by atoms with Crippen molar-refractivity contribution in [3.8, 4) is 0 Å². The quantitative estimate of drug-likeness (QED) is 0.322. The van der Waals surface area contributed by atoms with Crippen molar-refractivity contribution in [1.82, 2.24) is 0 Å². The number of allylic oxidation sites excluding steroid dienone is 3. The van der Waals surface area contributed by atoms with Crippen molar-refractivity contribution in [2.45, 2.75) is 119 Å².